The second-order valence-corrected chi connectivity index (χ2v) is 7.28. The van der Waals surface area contributed by atoms with Gasteiger partial charge in [-0.2, -0.15) is 5.26 Å². The number of nitriles is 1. The third-order valence-corrected chi connectivity index (χ3v) is 5.06. The first kappa shape index (κ1) is 24.9. The lowest BCUT2D eigenvalue weighted by molar-refractivity contribution is -0.142. The minimum atomic E-state index is -0.740. The van der Waals surface area contributed by atoms with Gasteiger partial charge in [0.25, 0.3) is 11.5 Å². The highest BCUT2D eigenvalue weighted by molar-refractivity contribution is 5.95. The van der Waals surface area contributed by atoms with E-state index >= 15 is 0 Å². The standard InChI is InChI=1S/C25H24N4O6/c1-17-24(25(32)29(28(17)2)19-7-5-4-6-8-19)27-22(30)16-35-23(31)12-10-18-9-11-20(34-14-13-26)21(15-18)33-3/h4-12,15H,14,16H2,1-3H3,(H,27,30)/b12-10+. The monoisotopic (exact) mass is 476 g/mol. The lowest BCUT2D eigenvalue weighted by atomic mass is 10.2. The average molecular weight is 476 g/mol. The maximum Gasteiger partial charge on any atom is 0.331 e. The van der Waals surface area contributed by atoms with Gasteiger partial charge in [0.15, 0.2) is 24.7 Å². The molecule has 0 saturated heterocycles. The number of para-hydroxylation sites is 1. The normalized spacial score (nSPS) is 10.6. The van der Waals surface area contributed by atoms with Gasteiger partial charge in [0, 0.05) is 13.1 Å². The van der Waals surface area contributed by atoms with Gasteiger partial charge in [-0.15, -0.1) is 0 Å². The van der Waals surface area contributed by atoms with E-state index in [2.05, 4.69) is 5.32 Å². The maximum absolute atomic E-state index is 12.9. The zero-order chi connectivity index (χ0) is 25.4. The van der Waals surface area contributed by atoms with E-state index in [9.17, 15) is 14.4 Å². The van der Waals surface area contributed by atoms with E-state index in [1.54, 1.807) is 49.0 Å². The predicted molar refractivity (Wildman–Crippen MR) is 128 cm³/mol. The van der Waals surface area contributed by atoms with Crippen molar-refractivity contribution in [1.29, 1.82) is 5.26 Å². The first-order chi connectivity index (χ1) is 16.8. The Labute approximate surface area is 201 Å². The molecule has 3 aromatic rings. The molecule has 0 fully saturated rings. The zero-order valence-electron chi connectivity index (χ0n) is 19.5. The van der Waals surface area contributed by atoms with Crippen LogP contribution in [0.15, 0.2) is 59.4 Å². The van der Waals surface area contributed by atoms with Gasteiger partial charge in [0.2, 0.25) is 0 Å². The Morgan fingerprint density at radius 3 is 2.57 bits per heavy atom. The molecule has 0 bridgehead atoms. The summed E-state index contributed by atoms with van der Waals surface area (Å²) in [4.78, 5) is 37.3. The number of nitrogens with zero attached hydrogens (tertiary/aromatic N) is 3. The van der Waals surface area contributed by atoms with Crippen LogP contribution in [-0.4, -0.2) is 41.6 Å². The van der Waals surface area contributed by atoms with Gasteiger partial charge in [0.1, 0.15) is 11.8 Å². The fourth-order valence-corrected chi connectivity index (χ4v) is 3.25. The Kier molecular flexibility index (Phi) is 8.08. The van der Waals surface area contributed by atoms with Crippen molar-refractivity contribution in [2.24, 2.45) is 7.05 Å². The van der Waals surface area contributed by atoms with E-state index in [0.717, 1.165) is 6.08 Å². The first-order valence-corrected chi connectivity index (χ1v) is 10.5. The van der Waals surface area contributed by atoms with Crippen LogP contribution in [0.3, 0.4) is 0 Å². The van der Waals surface area contributed by atoms with Crippen LogP contribution in [0.1, 0.15) is 11.3 Å². The number of carbonyl (C=O) groups excluding carboxylic acids is 2. The summed E-state index contributed by atoms with van der Waals surface area (Å²) < 4.78 is 18.5. The molecule has 0 radical (unpaired) electrons. The second-order valence-electron chi connectivity index (χ2n) is 7.28. The van der Waals surface area contributed by atoms with Gasteiger partial charge in [-0.05, 0) is 42.8 Å². The molecule has 10 nitrogen and oxygen atoms in total. The number of carbonyl (C=O) groups is 2. The molecule has 0 spiro atoms. The Hall–Kier alpha value is -4.78. The van der Waals surface area contributed by atoms with Crippen LogP contribution < -0.4 is 20.3 Å². The quantitative estimate of drug-likeness (QED) is 0.372. The van der Waals surface area contributed by atoms with Crippen LogP contribution in [0.25, 0.3) is 11.8 Å². The van der Waals surface area contributed by atoms with Gasteiger partial charge in [0.05, 0.1) is 18.5 Å². The van der Waals surface area contributed by atoms with Crippen LogP contribution >= 0.6 is 0 Å². The van der Waals surface area contributed by atoms with Gasteiger partial charge in [-0.3, -0.25) is 14.3 Å². The molecule has 0 atom stereocenters. The smallest absolute Gasteiger partial charge is 0.331 e. The lowest BCUT2D eigenvalue weighted by Gasteiger charge is -2.08. The highest BCUT2D eigenvalue weighted by Crippen LogP contribution is 2.28. The number of hydrogen-bond acceptors (Lipinski definition) is 7. The molecule has 0 aliphatic carbocycles. The highest BCUT2D eigenvalue weighted by atomic mass is 16.5. The SMILES string of the molecule is COc1cc(/C=C/C(=O)OCC(=O)Nc2c(C)n(C)n(-c3ccccc3)c2=O)ccc1OCC#N. The number of nitrogens with one attached hydrogen (secondary N) is 1. The summed E-state index contributed by atoms with van der Waals surface area (Å²) in [5, 5.41) is 11.2. The molecule has 0 aliphatic rings. The number of amides is 1. The van der Waals surface area contributed by atoms with Crippen molar-refractivity contribution in [3.8, 4) is 23.3 Å². The van der Waals surface area contributed by atoms with E-state index < -0.39 is 24.0 Å². The van der Waals surface area contributed by atoms with Crippen LogP contribution in [0.2, 0.25) is 0 Å². The van der Waals surface area contributed by atoms with E-state index in [1.165, 1.54) is 17.9 Å². The summed E-state index contributed by atoms with van der Waals surface area (Å²) in [7, 11) is 3.17. The van der Waals surface area contributed by atoms with Gasteiger partial charge >= 0.3 is 5.97 Å². The van der Waals surface area contributed by atoms with E-state index in [1.807, 2.05) is 24.3 Å². The number of hydrogen-bond donors (Lipinski definition) is 1. The summed E-state index contributed by atoms with van der Waals surface area (Å²) in [6.45, 7) is 1.02. The number of esters is 1. The van der Waals surface area contributed by atoms with Crippen molar-refractivity contribution in [2.75, 3.05) is 25.6 Å². The fraction of sp³-hybridized carbons (Fsp3) is 0.200. The van der Waals surface area contributed by atoms with Gasteiger partial charge < -0.3 is 19.5 Å². The number of ether oxygens (including phenoxy) is 3. The molecule has 10 heteroatoms. The summed E-state index contributed by atoms with van der Waals surface area (Å²) in [5.41, 5.74) is 1.54. The Morgan fingerprint density at radius 1 is 1.14 bits per heavy atom. The molecule has 0 saturated carbocycles. The van der Waals surface area contributed by atoms with Gasteiger partial charge in [-0.1, -0.05) is 24.3 Å². The molecule has 1 N–H and O–H groups in total. The molecular formula is C25H24N4O6. The van der Waals surface area contributed by atoms with Crippen molar-refractivity contribution >= 4 is 23.6 Å². The molecule has 3 rings (SSSR count). The van der Waals surface area contributed by atoms with Crippen molar-refractivity contribution in [3.05, 3.63) is 76.2 Å². The van der Waals surface area contributed by atoms with Crippen LogP contribution in [0.5, 0.6) is 11.5 Å². The van der Waals surface area contributed by atoms with Crippen LogP contribution in [-0.2, 0) is 21.4 Å². The van der Waals surface area contributed by atoms with E-state index in [0.29, 0.717) is 28.4 Å². The van der Waals surface area contributed by atoms with Crippen molar-refractivity contribution in [2.45, 2.75) is 6.92 Å². The number of rotatable bonds is 9. The molecule has 1 aromatic heterocycles. The predicted octanol–water partition coefficient (Wildman–Crippen LogP) is 2.59. The number of aromatic nitrogens is 2. The van der Waals surface area contributed by atoms with Crippen molar-refractivity contribution in [3.63, 3.8) is 0 Å². The van der Waals surface area contributed by atoms with Gasteiger partial charge in [-0.25, -0.2) is 9.48 Å². The van der Waals surface area contributed by atoms with E-state index in [-0.39, 0.29) is 12.3 Å². The molecule has 0 unspecified atom stereocenters. The fourth-order valence-electron chi connectivity index (χ4n) is 3.25. The first-order valence-electron chi connectivity index (χ1n) is 10.5. The maximum atomic E-state index is 12.9. The minimum absolute atomic E-state index is 0.110. The highest BCUT2D eigenvalue weighted by Gasteiger charge is 2.18. The van der Waals surface area contributed by atoms with Crippen molar-refractivity contribution < 1.29 is 23.8 Å². The second kappa shape index (κ2) is 11.4. The molecule has 2 aromatic carbocycles. The molecule has 0 aliphatic heterocycles. The van der Waals surface area contributed by atoms with Crippen molar-refractivity contribution in [1.82, 2.24) is 9.36 Å². The Balaban J connectivity index is 1.61. The summed E-state index contributed by atoms with van der Waals surface area (Å²) in [6, 6.07) is 15.8. The number of anilines is 1. The van der Waals surface area contributed by atoms with E-state index in [4.69, 9.17) is 19.5 Å². The topological polar surface area (TPSA) is 125 Å². The lowest BCUT2D eigenvalue weighted by Crippen LogP contribution is -2.25. The third-order valence-electron chi connectivity index (χ3n) is 5.06. The third kappa shape index (κ3) is 5.97. The number of benzene rings is 2. The van der Waals surface area contributed by atoms with Crippen LogP contribution in [0, 0.1) is 18.3 Å². The summed E-state index contributed by atoms with van der Waals surface area (Å²) in [5.74, 6) is -0.587. The minimum Gasteiger partial charge on any atom is -0.493 e. The molecule has 180 valence electrons. The molecule has 1 heterocycles. The average Bonchev–Trinajstić information content (AvgIpc) is 3.08. The number of methoxy groups -OCH3 is 1. The molecular weight excluding hydrogens is 452 g/mol. The largest absolute Gasteiger partial charge is 0.493 e. The van der Waals surface area contributed by atoms with Crippen LogP contribution in [0.4, 0.5) is 5.69 Å². The Morgan fingerprint density at radius 2 is 1.89 bits per heavy atom. The molecule has 1 amide bonds. The zero-order valence-corrected chi connectivity index (χ0v) is 19.5. The summed E-state index contributed by atoms with van der Waals surface area (Å²) >= 11 is 0. The molecule has 35 heavy (non-hydrogen) atoms. The Bertz CT molecular complexity index is 1350. The summed E-state index contributed by atoms with van der Waals surface area (Å²) in [6.07, 6.45) is 2.64.